The highest BCUT2D eigenvalue weighted by Crippen LogP contribution is 2.39. The molecule has 0 spiro atoms. The summed E-state index contributed by atoms with van der Waals surface area (Å²) in [4.78, 5) is 22.6. The van der Waals surface area contributed by atoms with Gasteiger partial charge in [-0.25, -0.2) is 9.50 Å². The van der Waals surface area contributed by atoms with Crippen LogP contribution in [0.3, 0.4) is 0 Å². The molecule has 0 saturated carbocycles. The van der Waals surface area contributed by atoms with Crippen LogP contribution in [0.25, 0.3) is 16.6 Å². The summed E-state index contributed by atoms with van der Waals surface area (Å²) in [5.41, 5.74) is 2.46. The molecule has 0 bridgehead atoms. The molecule has 40 heavy (non-hydrogen) atoms. The lowest BCUT2D eigenvalue weighted by atomic mass is 9.75. The van der Waals surface area contributed by atoms with E-state index < -0.39 is 5.60 Å². The molecule has 2 aliphatic heterocycles. The Balaban J connectivity index is 1.33. The highest BCUT2D eigenvalue weighted by atomic mass is 16.6. The van der Waals surface area contributed by atoms with Crippen molar-refractivity contribution < 1.29 is 14.3 Å². The van der Waals surface area contributed by atoms with E-state index in [9.17, 15) is 10.1 Å². The van der Waals surface area contributed by atoms with Crippen molar-refractivity contribution in [3.63, 3.8) is 0 Å². The Morgan fingerprint density at radius 3 is 2.50 bits per heavy atom. The van der Waals surface area contributed by atoms with Crippen LogP contribution in [0.4, 0.5) is 5.82 Å². The molecule has 0 aliphatic carbocycles. The number of aromatic nitrogens is 3. The molecule has 0 amide bonds. The minimum Gasteiger partial charge on any atom is -0.492 e. The monoisotopic (exact) mass is 544 g/mol. The number of rotatable bonds is 8. The fraction of sp³-hybridized carbons (Fsp3) is 0.548. The van der Waals surface area contributed by atoms with Gasteiger partial charge in [-0.2, -0.15) is 10.4 Å². The average molecular weight is 545 g/mol. The lowest BCUT2D eigenvalue weighted by Gasteiger charge is -2.44. The number of carbonyl (C=O) groups is 1. The zero-order valence-electron chi connectivity index (χ0n) is 24.2. The number of hydrogen-bond acceptors (Lipinski definition) is 8. The first kappa shape index (κ1) is 27.9. The summed E-state index contributed by atoms with van der Waals surface area (Å²) < 4.78 is 13.2. The second kappa shape index (κ2) is 11.5. The number of carbonyl (C=O) groups excluding carboxylic acids is 1. The van der Waals surface area contributed by atoms with Crippen LogP contribution in [0.15, 0.2) is 36.8 Å². The Labute approximate surface area is 236 Å². The van der Waals surface area contributed by atoms with E-state index in [1.807, 2.05) is 52.1 Å². The molecule has 2 saturated heterocycles. The maximum absolute atomic E-state index is 12.9. The minimum absolute atomic E-state index is 0.0792. The first-order valence-electron chi connectivity index (χ1n) is 14.4. The summed E-state index contributed by atoms with van der Waals surface area (Å²) in [7, 11) is 0. The first-order chi connectivity index (χ1) is 19.2. The van der Waals surface area contributed by atoms with Gasteiger partial charge in [0.15, 0.2) is 0 Å². The molecule has 3 aromatic heterocycles. The Morgan fingerprint density at radius 2 is 1.88 bits per heavy atom. The number of esters is 1. The molecular formula is C31H40N6O3. The second-order valence-electron chi connectivity index (χ2n) is 12.1. The SMILES string of the molecule is CCOc1cc(-c2ccc(N3CCC(CC(=O)OC(C)(C)C)(CN4CCCC4)CC3)nc2)c2c(C#N)cnn2c1. The molecule has 0 aromatic carbocycles. The van der Waals surface area contributed by atoms with Crippen molar-refractivity contribution in [2.45, 2.75) is 65.4 Å². The molecule has 5 heterocycles. The Kier molecular flexibility index (Phi) is 7.99. The van der Waals surface area contributed by atoms with Crippen LogP contribution < -0.4 is 9.64 Å². The topological polar surface area (TPSA) is 96.0 Å². The number of anilines is 1. The van der Waals surface area contributed by atoms with Crippen molar-refractivity contribution in [3.05, 3.63) is 42.4 Å². The molecule has 3 aromatic rings. The number of ether oxygens (including phenoxy) is 2. The van der Waals surface area contributed by atoms with Gasteiger partial charge in [0, 0.05) is 37.0 Å². The quantitative estimate of drug-likeness (QED) is 0.362. The highest BCUT2D eigenvalue weighted by Gasteiger charge is 2.40. The van der Waals surface area contributed by atoms with E-state index in [0.29, 0.717) is 24.3 Å². The Morgan fingerprint density at radius 1 is 1.12 bits per heavy atom. The van der Waals surface area contributed by atoms with E-state index in [1.165, 1.54) is 12.8 Å². The van der Waals surface area contributed by atoms with Gasteiger partial charge >= 0.3 is 5.97 Å². The third kappa shape index (κ3) is 6.23. The smallest absolute Gasteiger partial charge is 0.306 e. The van der Waals surface area contributed by atoms with E-state index in [0.717, 1.165) is 68.0 Å². The molecule has 2 aliphatic rings. The van der Waals surface area contributed by atoms with Crippen molar-refractivity contribution in [2.75, 3.05) is 44.2 Å². The van der Waals surface area contributed by atoms with Crippen molar-refractivity contribution in [2.24, 2.45) is 5.41 Å². The minimum atomic E-state index is -0.475. The fourth-order valence-electron chi connectivity index (χ4n) is 6.08. The maximum Gasteiger partial charge on any atom is 0.306 e. The van der Waals surface area contributed by atoms with E-state index in [4.69, 9.17) is 14.5 Å². The van der Waals surface area contributed by atoms with Crippen LogP contribution in [0.5, 0.6) is 5.75 Å². The van der Waals surface area contributed by atoms with Gasteiger partial charge in [0.2, 0.25) is 0 Å². The standard InChI is InChI=1S/C31H40N6O3/c1-5-39-25-16-26(29-24(18-32)20-34-37(29)21-25)23-8-9-27(33-19-23)36-14-10-31(11-15-36,22-35-12-6-7-13-35)17-28(38)40-30(2,3)4/h8-9,16,19-21H,5-7,10-15,17,22H2,1-4H3. The number of nitriles is 1. The van der Waals surface area contributed by atoms with Gasteiger partial charge in [-0.05, 0) is 90.1 Å². The molecule has 212 valence electrons. The van der Waals surface area contributed by atoms with Gasteiger partial charge in [0.25, 0.3) is 0 Å². The van der Waals surface area contributed by atoms with E-state index in [2.05, 4.69) is 21.0 Å². The Hall–Kier alpha value is -3.64. The van der Waals surface area contributed by atoms with Crippen LogP contribution >= 0.6 is 0 Å². The largest absolute Gasteiger partial charge is 0.492 e. The molecule has 5 rings (SSSR count). The number of likely N-dealkylation sites (tertiary alicyclic amines) is 1. The number of piperidine rings is 1. The van der Waals surface area contributed by atoms with Crippen LogP contribution in [-0.4, -0.2) is 70.4 Å². The molecule has 9 nitrogen and oxygen atoms in total. The van der Waals surface area contributed by atoms with Crippen molar-refractivity contribution in [1.82, 2.24) is 19.5 Å². The zero-order chi connectivity index (χ0) is 28.3. The van der Waals surface area contributed by atoms with Crippen LogP contribution in [0.1, 0.15) is 65.4 Å². The zero-order valence-corrected chi connectivity index (χ0v) is 24.2. The predicted molar refractivity (Wildman–Crippen MR) is 154 cm³/mol. The Bertz CT molecular complexity index is 1370. The molecule has 0 radical (unpaired) electrons. The second-order valence-corrected chi connectivity index (χ2v) is 12.1. The molecule has 0 N–H and O–H groups in total. The van der Waals surface area contributed by atoms with Gasteiger partial charge in [-0.15, -0.1) is 0 Å². The predicted octanol–water partition coefficient (Wildman–Crippen LogP) is 5.08. The molecule has 9 heteroatoms. The summed E-state index contributed by atoms with van der Waals surface area (Å²) in [5, 5.41) is 14.0. The van der Waals surface area contributed by atoms with Gasteiger partial charge in [0.1, 0.15) is 23.2 Å². The van der Waals surface area contributed by atoms with E-state index in [-0.39, 0.29) is 11.4 Å². The molecule has 0 atom stereocenters. The summed E-state index contributed by atoms with van der Waals surface area (Å²) in [6.07, 6.45) is 10.0. The van der Waals surface area contributed by atoms with Crippen LogP contribution in [-0.2, 0) is 9.53 Å². The van der Waals surface area contributed by atoms with E-state index >= 15 is 0 Å². The first-order valence-corrected chi connectivity index (χ1v) is 14.4. The summed E-state index contributed by atoms with van der Waals surface area (Å²) >= 11 is 0. The lowest BCUT2D eigenvalue weighted by Crippen LogP contribution is -2.47. The highest BCUT2D eigenvalue weighted by molar-refractivity contribution is 5.85. The lowest BCUT2D eigenvalue weighted by molar-refractivity contribution is -0.158. The molecule has 2 fully saturated rings. The van der Waals surface area contributed by atoms with Crippen molar-refractivity contribution in [3.8, 4) is 22.9 Å². The van der Waals surface area contributed by atoms with Crippen molar-refractivity contribution in [1.29, 1.82) is 5.26 Å². The molecule has 0 unspecified atom stereocenters. The van der Waals surface area contributed by atoms with Gasteiger partial charge in [-0.3, -0.25) is 4.79 Å². The van der Waals surface area contributed by atoms with E-state index in [1.54, 1.807) is 16.9 Å². The third-order valence-electron chi connectivity index (χ3n) is 7.92. The number of nitrogens with zero attached hydrogens (tertiary/aromatic N) is 6. The summed E-state index contributed by atoms with van der Waals surface area (Å²) in [5.74, 6) is 1.51. The number of hydrogen-bond donors (Lipinski definition) is 0. The average Bonchev–Trinajstić information content (AvgIpc) is 3.57. The maximum atomic E-state index is 12.9. The fourth-order valence-corrected chi connectivity index (χ4v) is 6.08. The summed E-state index contributed by atoms with van der Waals surface area (Å²) in [6.45, 7) is 13.1. The van der Waals surface area contributed by atoms with Gasteiger partial charge in [0.05, 0.1) is 36.5 Å². The third-order valence-corrected chi connectivity index (χ3v) is 7.92. The van der Waals surface area contributed by atoms with Crippen LogP contribution in [0.2, 0.25) is 0 Å². The van der Waals surface area contributed by atoms with Gasteiger partial charge in [-0.1, -0.05) is 0 Å². The summed E-state index contributed by atoms with van der Waals surface area (Å²) in [6, 6.07) is 8.29. The molecular weight excluding hydrogens is 504 g/mol. The van der Waals surface area contributed by atoms with Crippen LogP contribution in [0, 0.1) is 16.7 Å². The normalized spacial score (nSPS) is 17.6. The van der Waals surface area contributed by atoms with Gasteiger partial charge < -0.3 is 19.3 Å². The van der Waals surface area contributed by atoms with Crippen molar-refractivity contribution >= 4 is 17.3 Å². The number of fused-ring (bicyclic) bond motifs is 1. The number of pyridine rings is 2.